The summed E-state index contributed by atoms with van der Waals surface area (Å²) in [5, 5.41) is 12.9. The van der Waals surface area contributed by atoms with Gasteiger partial charge in [-0.25, -0.2) is 9.97 Å². The van der Waals surface area contributed by atoms with Gasteiger partial charge in [0.2, 0.25) is 5.91 Å². The average Bonchev–Trinajstić information content (AvgIpc) is 2.82. The monoisotopic (exact) mass is 306 g/mol. The van der Waals surface area contributed by atoms with E-state index in [9.17, 15) is 9.90 Å². The molecule has 1 saturated heterocycles. The number of hydrogen-bond acceptors (Lipinski definition) is 5. The number of aliphatic hydroxyl groups is 1. The number of hydrogen-bond donors (Lipinski definition) is 2. The average molecular weight is 306 g/mol. The zero-order valence-electron chi connectivity index (χ0n) is 14.1. The molecule has 0 bridgehead atoms. The van der Waals surface area contributed by atoms with E-state index in [-0.39, 0.29) is 5.91 Å². The Morgan fingerprint density at radius 2 is 2.18 bits per heavy atom. The van der Waals surface area contributed by atoms with Crippen molar-refractivity contribution in [1.29, 1.82) is 0 Å². The second kappa shape index (κ2) is 5.93. The summed E-state index contributed by atoms with van der Waals surface area (Å²) in [6.07, 6.45) is 3.40. The normalized spacial score (nSPS) is 23.0. The van der Waals surface area contributed by atoms with Crippen LogP contribution in [0.3, 0.4) is 0 Å². The summed E-state index contributed by atoms with van der Waals surface area (Å²) in [7, 11) is 0. The van der Waals surface area contributed by atoms with Crippen LogP contribution in [0.15, 0.2) is 12.3 Å². The lowest BCUT2D eigenvalue weighted by Crippen LogP contribution is -2.53. The van der Waals surface area contributed by atoms with Crippen LogP contribution in [-0.2, 0) is 10.4 Å². The molecular weight excluding hydrogens is 280 g/mol. The van der Waals surface area contributed by atoms with Gasteiger partial charge in [0, 0.05) is 12.2 Å². The van der Waals surface area contributed by atoms with Crippen LogP contribution in [0.1, 0.15) is 53.3 Å². The van der Waals surface area contributed by atoms with Crippen molar-refractivity contribution in [2.24, 2.45) is 0 Å². The van der Waals surface area contributed by atoms with Gasteiger partial charge in [0.25, 0.3) is 0 Å². The van der Waals surface area contributed by atoms with Gasteiger partial charge < -0.3 is 10.4 Å². The predicted molar refractivity (Wildman–Crippen MR) is 85.4 cm³/mol. The molecule has 22 heavy (non-hydrogen) atoms. The third kappa shape index (κ3) is 3.28. The highest BCUT2D eigenvalue weighted by molar-refractivity contribution is 5.97. The molecule has 1 aliphatic rings. The molecule has 2 heterocycles. The van der Waals surface area contributed by atoms with Crippen LogP contribution >= 0.6 is 0 Å². The number of amides is 1. The van der Waals surface area contributed by atoms with Crippen LogP contribution in [0.5, 0.6) is 0 Å². The Hall–Kier alpha value is -1.53. The highest BCUT2D eigenvalue weighted by atomic mass is 16.3. The first-order chi connectivity index (χ1) is 10.1. The van der Waals surface area contributed by atoms with Crippen molar-refractivity contribution in [2.75, 3.05) is 11.9 Å². The molecule has 2 N–H and O–H groups in total. The van der Waals surface area contributed by atoms with Crippen LogP contribution in [-0.4, -0.2) is 44.0 Å². The number of nitrogens with one attached hydrogen (secondary N) is 1. The molecule has 0 aromatic carbocycles. The van der Waals surface area contributed by atoms with E-state index in [4.69, 9.17) is 0 Å². The second-order valence-electron chi connectivity index (χ2n) is 6.94. The number of aromatic nitrogens is 2. The lowest BCUT2D eigenvalue weighted by atomic mass is 9.96. The minimum atomic E-state index is -1.14. The minimum Gasteiger partial charge on any atom is -0.382 e. The molecule has 1 atom stereocenters. The van der Waals surface area contributed by atoms with Crippen LogP contribution in [0.25, 0.3) is 0 Å². The van der Waals surface area contributed by atoms with Gasteiger partial charge in [0.05, 0.1) is 5.54 Å². The van der Waals surface area contributed by atoms with Gasteiger partial charge in [-0.3, -0.25) is 9.69 Å². The molecular formula is C16H26N4O2. The largest absolute Gasteiger partial charge is 0.382 e. The highest BCUT2D eigenvalue weighted by Crippen LogP contribution is 2.32. The van der Waals surface area contributed by atoms with Crippen LogP contribution in [0, 0.1) is 0 Å². The number of carbonyl (C=O) groups is 1. The van der Waals surface area contributed by atoms with Crippen molar-refractivity contribution in [3.63, 3.8) is 0 Å². The van der Waals surface area contributed by atoms with Crippen molar-refractivity contribution in [3.05, 3.63) is 18.1 Å². The van der Waals surface area contributed by atoms with Crippen molar-refractivity contribution < 1.29 is 9.90 Å². The molecule has 0 spiro atoms. The van der Waals surface area contributed by atoms with E-state index in [1.807, 2.05) is 6.92 Å². The number of nitrogens with zero attached hydrogens (tertiary/aromatic N) is 3. The van der Waals surface area contributed by atoms with E-state index in [1.54, 1.807) is 26.1 Å². The molecule has 0 aliphatic carbocycles. The number of likely N-dealkylation sites (tertiary alicyclic amines) is 1. The topological polar surface area (TPSA) is 78.4 Å². The predicted octanol–water partition coefficient (Wildman–Crippen LogP) is 1.91. The summed E-state index contributed by atoms with van der Waals surface area (Å²) in [4.78, 5) is 23.3. The first-order valence-corrected chi connectivity index (χ1v) is 7.79. The van der Waals surface area contributed by atoms with Gasteiger partial charge in [-0.1, -0.05) is 0 Å². The van der Waals surface area contributed by atoms with Crippen LogP contribution in [0.4, 0.5) is 5.82 Å². The third-order valence-corrected chi connectivity index (χ3v) is 4.25. The minimum absolute atomic E-state index is 0.0564. The Morgan fingerprint density at radius 3 is 2.77 bits per heavy atom. The third-order valence-electron chi connectivity index (χ3n) is 4.25. The molecule has 6 heteroatoms. The smallest absolute Gasteiger partial charge is 0.245 e. The molecule has 6 nitrogen and oxygen atoms in total. The van der Waals surface area contributed by atoms with E-state index >= 15 is 0 Å². The fourth-order valence-corrected chi connectivity index (χ4v) is 3.03. The summed E-state index contributed by atoms with van der Waals surface area (Å²) in [5.74, 6) is 0.663. The van der Waals surface area contributed by atoms with E-state index in [0.29, 0.717) is 17.7 Å². The summed E-state index contributed by atoms with van der Waals surface area (Å²) in [6.45, 7) is 10.4. The molecule has 1 aliphatic heterocycles. The van der Waals surface area contributed by atoms with Gasteiger partial charge >= 0.3 is 0 Å². The lowest BCUT2D eigenvalue weighted by Gasteiger charge is -2.36. The van der Waals surface area contributed by atoms with Crippen molar-refractivity contribution >= 4 is 11.7 Å². The SMILES string of the molecule is CC(C)N1CCCC1(C)C(=O)Nc1ccnc(C(C)(C)O)n1. The molecule has 1 aromatic rings. The number of carbonyl (C=O) groups excluding carboxylic acids is 1. The van der Waals surface area contributed by atoms with E-state index < -0.39 is 11.1 Å². The summed E-state index contributed by atoms with van der Waals surface area (Å²) >= 11 is 0. The molecule has 2 rings (SSSR count). The van der Waals surface area contributed by atoms with Crippen LogP contribution in [0.2, 0.25) is 0 Å². The number of rotatable bonds is 4. The van der Waals surface area contributed by atoms with Gasteiger partial charge in [-0.2, -0.15) is 0 Å². The van der Waals surface area contributed by atoms with Crippen molar-refractivity contribution in [1.82, 2.24) is 14.9 Å². The molecule has 0 saturated carbocycles. The fraction of sp³-hybridized carbons (Fsp3) is 0.688. The first-order valence-electron chi connectivity index (χ1n) is 7.79. The summed E-state index contributed by atoms with van der Waals surface area (Å²) < 4.78 is 0. The second-order valence-corrected chi connectivity index (χ2v) is 6.94. The molecule has 1 aromatic heterocycles. The van der Waals surface area contributed by atoms with Gasteiger partial charge in [0.1, 0.15) is 11.4 Å². The zero-order chi connectivity index (χ0) is 16.5. The Bertz CT molecular complexity index is 553. The van der Waals surface area contributed by atoms with Crippen LogP contribution < -0.4 is 5.32 Å². The molecule has 1 amide bonds. The Balaban J connectivity index is 2.19. The quantitative estimate of drug-likeness (QED) is 0.888. The lowest BCUT2D eigenvalue weighted by molar-refractivity contribution is -0.126. The molecule has 1 fully saturated rings. The van der Waals surface area contributed by atoms with Gasteiger partial charge in [-0.05, 0) is 60.1 Å². The Morgan fingerprint density at radius 1 is 1.50 bits per heavy atom. The van der Waals surface area contributed by atoms with Crippen molar-refractivity contribution in [3.8, 4) is 0 Å². The Kier molecular flexibility index (Phi) is 4.54. The first kappa shape index (κ1) is 16.8. The van der Waals surface area contributed by atoms with Gasteiger partial charge in [-0.15, -0.1) is 0 Å². The molecule has 122 valence electrons. The molecule has 0 radical (unpaired) electrons. The standard InChI is InChI=1S/C16H26N4O2/c1-11(2)20-10-6-8-16(20,5)14(21)19-12-7-9-17-13(18-12)15(3,4)22/h7,9,11,22H,6,8,10H2,1-5H3,(H,17,18,19,21). The van der Waals surface area contributed by atoms with E-state index in [2.05, 4.69) is 34.0 Å². The van der Waals surface area contributed by atoms with Crippen molar-refractivity contribution in [2.45, 2.75) is 64.6 Å². The zero-order valence-corrected chi connectivity index (χ0v) is 14.1. The fourth-order valence-electron chi connectivity index (χ4n) is 3.03. The Labute approximate surface area is 132 Å². The van der Waals surface area contributed by atoms with Gasteiger partial charge in [0.15, 0.2) is 5.82 Å². The maximum atomic E-state index is 12.7. The maximum Gasteiger partial charge on any atom is 0.245 e. The highest BCUT2D eigenvalue weighted by Gasteiger charge is 2.44. The van der Waals surface area contributed by atoms with E-state index in [1.165, 1.54) is 0 Å². The maximum absolute atomic E-state index is 12.7. The van der Waals surface area contributed by atoms with E-state index in [0.717, 1.165) is 19.4 Å². The summed E-state index contributed by atoms with van der Waals surface area (Å²) in [6, 6.07) is 1.96. The summed E-state index contributed by atoms with van der Waals surface area (Å²) in [5.41, 5.74) is -1.66. The number of anilines is 1. The molecule has 1 unspecified atom stereocenters.